The lowest BCUT2D eigenvalue weighted by Gasteiger charge is -2.27. The molecule has 25 heavy (non-hydrogen) atoms. The van der Waals surface area contributed by atoms with Crippen LogP contribution in [-0.2, 0) is 4.79 Å². The Morgan fingerprint density at radius 2 is 2.08 bits per heavy atom. The van der Waals surface area contributed by atoms with Crippen molar-refractivity contribution in [2.75, 3.05) is 11.9 Å². The molecule has 0 radical (unpaired) electrons. The molecule has 0 unspecified atom stereocenters. The second-order valence-electron chi connectivity index (χ2n) is 6.17. The molecule has 0 bridgehead atoms. The molecule has 2 heterocycles. The summed E-state index contributed by atoms with van der Waals surface area (Å²) in [6.45, 7) is 2.44. The second kappa shape index (κ2) is 6.37. The summed E-state index contributed by atoms with van der Waals surface area (Å²) >= 11 is 6.26. The van der Waals surface area contributed by atoms with Gasteiger partial charge >= 0.3 is 0 Å². The van der Waals surface area contributed by atoms with Gasteiger partial charge in [0, 0.05) is 27.6 Å². The fraction of sp³-hybridized carbons (Fsp3) is 0.200. The van der Waals surface area contributed by atoms with Crippen molar-refractivity contribution in [3.05, 3.63) is 64.9 Å². The number of ether oxygens (including phenoxy) is 1. The minimum absolute atomic E-state index is 0.0620. The van der Waals surface area contributed by atoms with Crippen LogP contribution in [-0.4, -0.2) is 17.5 Å². The van der Waals surface area contributed by atoms with Crippen molar-refractivity contribution in [2.24, 2.45) is 0 Å². The number of benzene rings is 2. The van der Waals surface area contributed by atoms with Gasteiger partial charge in [0.1, 0.15) is 5.75 Å². The van der Waals surface area contributed by atoms with Gasteiger partial charge in [0.2, 0.25) is 5.91 Å². The topological polar surface area (TPSA) is 51.2 Å². The van der Waals surface area contributed by atoms with Gasteiger partial charge in [0.25, 0.3) is 0 Å². The van der Waals surface area contributed by atoms with E-state index in [1.807, 2.05) is 43.3 Å². The van der Waals surface area contributed by atoms with E-state index in [9.17, 15) is 4.79 Å². The van der Waals surface area contributed by atoms with E-state index in [0.717, 1.165) is 33.3 Å². The van der Waals surface area contributed by atoms with Crippen LogP contribution in [0, 0.1) is 6.92 Å². The summed E-state index contributed by atoms with van der Waals surface area (Å²) in [7, 11) is 0. The van der Waals surface area contributed by atoms with Crippen LogP contribution in [0.4, 0.5) is 5.69 Å². The lowest BCUT2D eigenvalue weighted by atomic mass is 9.88. The van der Waals surface area contributed by atoms with E-state index in [1.54, 1.807) is 12.4 Å². The molecule has 1 atom stereocenters. The summed E-state index contributed by atoms with van der Waals surface area (Å²) in [6, 6.07) is 11.5. The highest BCUT2D eigenvalue weighted by atomic mass is 35.5. The summed E-state index contributed by atoms with van der Waals surface area (Å²) in [5.41, 5.74) is 2.50. The van der Waals surface area contributed by atoms with Crippen molar-refractivity contribution < 1.29 is 9.53 Å². The maximum Gasteiger partial charge on any atom is 0.232 e. The number of nitrogens with zero attached hydrogens (tertiary/aromatic N) is 1. The molecule has 3 aromatic rings. The molecular formula is C20H17ClN2O2. The van der Waals surface area contributed by atoms with Crippen LogP contribution in [0.1, 0.15) is 23.5 Å². The monoisotopic (exact) mass is 352 g/mol. The molecule has 1 aliphatic heterocycles. The van der Waals surface area contributed by atoms with Gasteiger partial charge in [-0.15, -0.1) is 0 Å². The highest BCUT2D eigenvalue weighted by Crippen LogP contribution is 2.39. The Balaban J connectivity index is 1.70. The van der Waals surface area contributed by atoms with Crippen molar-refractivity contribution in [1.29, 1.82) is 0 Å². The minimum Gasteiger partial charge on any atom is -0.493 e. The number of hydrogen-bond donors (Lipinski definition) is 1. The molecule has 0 saturated carbocycles. The smallest absolute Gasteiger partial charge is 0.232 e. The number of carbonyl (C=O) groups excluding carboxylic acids is 1. The normalized spacial score (nSPS) is 16.2. The van der Waals surface area contributed by atoms with E-state index in [2.05, 4.69) is 10.3 Å². The summed E-state index contributed by atoms with van der Waals surface area (Å²) in [5, 5.41) is 5.65. The lowest BCUT2D eigenvalue weighted by molar-refractivity contribution is -0.118. The van der Waals surface area contributed by atoms with E-state index >= 15 is 0 Å². The molecule has 1 amide bonds. The van der Waals surface area contributed by atoms with Crippen LogP contribution in [0.15, 0.2) is 48.8 Å². The lowest BCUT2D eigenvalue weighted by Crippen LogP contribution is -2.27. The van der Waals surface area contributed by atoms with E-state index in [1.165, 1.54) is 0 Å². The number of carbonyl (C=O) groups is 1. The second-order valence-corrected chi connectivity index (χ2v) is 6.58. The highest BCUT2D eigenvalue weighted by Gasteiger charge is 2.30. The molecule has 0 spiro atoms. The van der Waals surface area contributed by atoms with Gasteiger partial charge in [-0.05, 0) is 31.0 Å². The number of nitrogens with one attached hydrogen (secondary N) is 1. The number of amides is 1. The first kappa shape index (κ1) is 15.9. The average Bonchev–Trinajstić information content (AvgIpc) is 2.64. The Kier molecular flexibility index (Phi) is 4.06. The van der Waals surface area contributed by atoms with Crippen molar-refractivity contribution in [2.45, 2.75) is 19.3 Å². The minimum atomic E-state index is -0.290. The molecule has 0 aliphatic carbocycles. The third-order valence-corrected chi connectivity index (χ3v) is 5.07. The summed E-state index contributed by atoms with van der Waals surface area (Å²) in [4.78, 5) is 17.2. The molecule has 4 nitrogen and oxygen atoms in total. The maximum atomic E-state index is 13.0. The van der Waals surface area contributed by atoms with Gasteiger partial charge in [-0.25, -0.2) is 0 Å². The van der Waals surface area contributed by atoms with E-state index in [0.29, 0.717) is 18.1 Å². The van der Waals surface area contributed by atoms with E-state index in [4.69, 9.17) is 16.3 Å². The van der Waals surface area contributed by atoms with Crippen LogP contribution in [0.25, 0.3) is 10.8 Å². The SMILES string of the molecule is Cc1c(Cl)ccc2c1[C@H](C(=O)Nc1cncc3ccccc13)CCO2. The fourth-order valence-corrected chi connectivity index (χ4v) is 3.53. The number of fused-ring (bicyclic) bond motifs is 2. The molecule has 1 aromatic heterocycles. The molecule has 0 saturated heterocycles. The average molecular weight is 353 g/mol. The van der Waals surface area contributed by atoms with Gasteiger partial charge in [0.15, 0.2) is 0 Å². The first-order valence-corrected chi connectivity index (χ1v) is 8.58. The molecule has 4 rings (SSSR count). The Morgan fingerprint density at radius 3 is 2.96 bits per heavy atom. The van der Waals surface area contributed by atoms with Gasteiger partial charge in [-0.1, -0.05) is 35.9 Å². The molecule has 1 N–H and O–H groups in total. The summed E-state index contributed by atoms with van der Waals surface area (Å²) < 4.78 is 5.71. The standard InChI is InChI=1S/C20H17ClN2O2/c1-12-16(21)6-7-18-19(12)15(8-9-25-18)20(24)23-17-11-22-10-13-4-2-3-5-14(13)17/h2-7,10-11,15H,8-9H2,1H3,(H,23,24)/t15-/m1/s1. The zero-order valence-electron chi connectivity index (χ0n) is 13.8. The van der Waals surface area contributed by atoms with Gasteiger partial charge in [0.05, 0.1) is 24.4 Å². The first-order chi connectivity index (χ1) is 12.1. The number of hydrogen-bond acceptors (Lipinski definition) is 3. The zero-order chi connectivity index (χ0) is 17.4. The molecule has 2 aromatic carbocycles. The zero-order valence-corrected chi connectivity index (χ0v) is 14.5. The first-order valence-electron chi connectivity index (χ1n) is 8.20. The third kappa shape index (κ3) is 2.83. The largest absolute Gasteiger partial charge is 0.493 e. The Labute approximate surface area is 150 Å². The Morgan fingerprint density at radius 1 is 1.24 bits per heavy atom. The quantitative estimate of drug-likeness (QED) is 0.727. The Bertz CT molecular complexity index is 966. The van der Waals surface area contributed by atoms with Crippen LogP contribution < -0.4 is 10.1 Å². The predicted octanol–water partition coefficient (Wildman–Crippen LogP) is 4.70. The number of pyridine rings is 1. The van der Waals surface area contributed by atoms with E-state index in [-0.39, 0.29) is 11.8 Å². The van der Waals surface area contributed by atoms with Crippen molar-refractivity contribution in [3.8, 4) is 5.75 Å². The maximum absolute atomic E-state index is 13.0. The molecule has 0 fully saturated rings. The Hall–Kier alpha value is -2.59. The number of anilines is 1. The van der Waals surface area contributed by atoms with Crippen molar-refractivity contribution in [1.82, 2.24) is 4.98 Å². The number of aromatic nitrogens is 1. The fourth-order valence-electron chi connectivity index (χ4n) is 3.37. The van der Waals surface area contributed by atoms with Crippen LogP contribution in [0.5, 0.6) is 5.75 Å². The van der Waals surface area contributed by atoms with Gasteiger partial charge < -0.3 is 10.1 Å². The molecular weight excluding hydrogens is 336 g/mol. The highest BCUT2D eigenvalue weighted by molar-refractivity contribution is 6.31. The molecule has 1 aliphatic rings. The van der Waals surface area contributed by atoms with Crippen molar-refractivity contribution in [3.63, 3.8) is 0 Å². The van der Waals surface area contributed by atoms with Gasteiger partial charge in [-0.3, -0.25) is 9.78 Å². The summed E-state index contributed by atoms with van der Waals surface area (Å²) in [5.74, 6) is 0.388. The molecule has 126 valence electrons. The third-order valence-electron chi connectivity index (χ3n) is 4.66. The number of rotatable bonds is 2. The predicted molar refractivity (Wildman–Crippen MR) is 99.4 cm³/mol. The van der Waals surface area contributed by atoms with Gasteiger partial charge in [-0.2, -0.15) is 0 Å². The van der Waals surface area contributed by atoms with E-state index < -0.39 is 0 Å². The van der Waals surface area contributed by atoms with Crippen LogP contribution >= 0.6 is 11.6 Å². The summed E-state index contributed by atoms with van der Waals surface area (Å²) in [6.07, 6.45) is 4.10. The van der Waals surface area contributed by atoms with Crippen LogP contribution in [0.2, 0.25) is 5.02 Å². The molecule has 5 heteroatoms. The number of halogens is 1. The van der Waals surface area contributed by atoms with Crippen LogP contribution in [0.3, 0.4) is 0 Å². The van der Waals surface area contributed by atoms with Crippen molar-refractivity contribution >= 4 is 34.0 Å².